The summed E-state index contributed by atoms with van der Waals surface area (Å²) >= 11 is 5.79. The van der Waals surface area contributed by atoms with Crippen molar-refractivity contribution in [3.05, 3.63) is 34.6 Å². The van der Waals surface area contributed by atoms with Crippen molar-refractivity contribution < 1.29 is 4.39 Å². The average molecular weight is 243 g/mol. The molecule has 0 aliphatic carbocycles. The third-order valence-electron chi connectivity index (χ3n) is 3.21. The van der Waals surface area contributed by atoms with Gasteiger partial charge in [-0.1, -0.05) is 17.7 Å². The van der Waals surface area contributed by atoms with E-state index in [-0.39, 0.29) is 22.9 Å². The molecule has 88 valence electrons. The summed E-state index contributed by atoms with van der Waals surface area (Å²) < 4.78 is 13.1. The van der Waals surface area contributed by atoms with Crippen molar-refractivity contribution in [3.8, 4) is 0 Å². The Morgan fingerprint density at radius 1 is 1.50 bits per heavy atom. The fraction of sp³-hybridized carbons (Fsp3) is 0.500. The first-order valence-corrected chi connectivity index (χ1v) is 5.88. The lowest BCUT2D eigenvalue weighted by Crippen LogP contribution is -2.43. The molecule has 0 bridgehead atoms. The molecule has 1 aliphatic heterocycles. The molecule has 0 radical (unpaired) electrons. The van der Waals surface area contributed by atoms with Crippen LogP contribution in [-0.4, -0.2) is 24.5 Å². The lowest BCUT2D eigenvalue weighted by atomic mass is 9.91. The van der Waals surface area contributed by atoms with Crippen LogP contribution in [0.25, 0.3) is 0 Å². The highest BCUT2D eigenvalue weighted by atomic mass is 35.5. The highest BCUT2D eigenvalue weighted by molar-refractivity contribution is 6.30. The second kappa shape index (κ2) is 4.70. The number of halogens is 2. The van der Waals surface area contributed by atoms with Gasteiger partial charge in [0, 0.05) is 12.1 Å². The molecule has 2 unspecified atom stereocenters. The normalized spacial score (nSPS) is 27.0. The first-order valence-electron chi connectivity index (χ1n) is 5.50. The average Bonchev–Trinajstić information content (AvgIpc) is 2.23. The lowest BCUT2D eigenvalue weighted by Gasteiger charge is -2.37. The third-order valence-corrected chi connectivity index (χ3v) is 3.50. The molecule has 1 heterocycles. The second-order valence-corrected chi connectivity index (χ2v) is 4.81. The maximum atomic E-state index is 13.1. The summed E-state index contributed by atoms with van der Waals surface area (Å²) in [5, 5.41) is 0.170. The van der Waals surface area contributed by atoms with Gasteiger partial charge < -0.3 is 5.73 Å². The molecule has 16 heavy (non-hydrogen) atoms. The molecule has 0 saturated carbocycles. The monoisotopic (exact) mass is 242 g/mol. The largest absolute Gasteiger partial charge is 0.326 e. The fourth-order valence-corrected chi connectivity index (χ4v) is 2.59. The van der Waals surface area contributed by atoms with Crippen molar-refractivity contribution in [1.29, 1.82) is 0 Å². The molecule has 2 N–H and O–H groups in total. The van der Waals surface area contributed by atoms with E-state index in [0.717, 1.165) is 24.9 Å². The van der Waals surface area contributed by atoms with Crippen LogP contribution in [0.2, 0.25) is 5.02 Å². The fourth-order valence-electron chi connectivity index (χ4n) is 2.40. The topological polar surface area (TPSA) is 29.3 Å². The third kappa shape index (κ3) is 2.21. The number of likely N-dealkylation sites (N-methyl/N-ethyl adjacent to an activating group) is 1. The van der Waals surface area contributed by atoms with Gasteiger partial charge in [-0.3, -0.25) is 4.90 Å². The molecule has 1 aromatic carbocycles. The Kier molecular flexibility index (Phi) is 3.47. The van der Waals surface area contributed by atoms with E-state index in [1.165, 1.54) is 6.07 Å². The molecule has 1 saturated heterocycles. The molecule has 2 atom stereocenters. The van der Waals surface area contributed by atoms with E-state index in [1.807, 2.05) is 7.05 Å². The summed E-state index contributed by atoms with van der Waals surface area (Å²) in [4.78, 5) is 2.21. The van der Waals surface area contributed by atoms with Crippen molar-refractivity contribution in [2.45, 2.75) is 24.9 Å². The first-order chi connectivity index (χ1) is 7.59. The van der Waals surface area contributed by atoms with Crippen LogP contribution >= 0.6 is 11.6 Å². The Balaban J connectivity index is 2.30. The molecule has 2 rings (SSSR count). The summed E-state index contributed by atoms with van der Waals surface area (Å²) in [7, 11) is 2.04. The number of hydrogen-bond acceptors (Lipinski definition) is 2. The number of hydrogen-bond donors (Lipinski definition) is 1. The van der Waals surface area contributed by atoms with Gasteiger partial charge in [-0.25, -0.2) is 4.39 Å². The van der Waals surface area contributed by atoms with E-state index >= 15 is 0 Å². The maximum absolute atomic E-state index is 13.1. The second-order valence-electron chi connectivity index (χ2n) is 4.41. The number of rotatable bonds is 1. The Bertz CT molecular complexity index is 373. The number of piperidine rings is 1. The van der Waals surface area contributed by atoms with Crippen LogP contribution < -0.4 is 5.73 Å². The van der Waals surface area contributed by atoms with Crippen LogP contribution in [0.4, 0.5) is 4.39 Å². The van der Waals surface area contributed by atoms with Gasteiger partial charge in [0.15, 0.2) is 0 Å². The zero-order chi connectivity index (χ0) is 11.7. The Hall–Kier alpha value is -0.640. The van der Waals surface area contributed by atoms with E-state index < -0.39 is 0 Å². The number of benzene rings is 1. The maximum Gasteiger partial charge on any atom is 0.141 e. The van der Waals surface area contributed by atoms with E-state index in [2.05, 4.69) is 4.90 Å². The number of likely N-dealkylation sites (tertiary alicyclic amines) is 1. The van der Waals surface area contributed by atoms with Crippen molar-refractivity contribution in [3.63, 3.8) is 0 Å². The summed E-state index contributed by atoms with van der Waals surface area (Å²) in [6.07, 6.45) is 2.12. The van der Waals surface area contributed by atoms with Crippen molar-refractivity contribution in [2.24, 2.45) is 5.73 Å². The Morgan fingerprint density at radius 3 is 2.88 bits per heavy atom. The quantitative estimate of drug-likeness (QED) is 0.820. The SMILES string of the molecule is CN1CCCC(N)C1c1ccc(F)c(Cl)c1. The van der Waals surface area contributed by atoms with Gasteiger partial charge in [0.2, 0.25) is 0 Å². The summed E-state index contributed by atoms with van der Waals surface area (Å²) in [6.45, 7) is 1.02. The predicted octanol–water partition coefficient (Wildman–Crippen LogP) is 2.57. The van der Waals surface area contributed by atoms with Crippen LogP contribution in [0, 0.1) is 5.82 Å². The highest BCUT2D eigenvalue weighted by Crippen LogP contribution is 2.30. The minimum atomic E-state index is -0.377. The van der Waals surface area contributed by atoms with Gasteiger partial charge in [-0.05, 0) is 44.1 Å². The zero-order valence-electron chi connectivity index (χ0n) is 9.29. The van der Waals surface area contributed by atoms with Crippen LogP contribution in [-0.2, 0) is 0 Å². The highest BCUT2D eigenvalue weighted by Gasteiger charge is 2.28. The van der Waals surface area contributed by atoms with E-state index in [9.17, 15) is 4.39 Å². The van der Waals surface area contributed by atoms with Crippen LogP contribution in [0.3, 0.4) is 0 Å². The Labute approximate surface area is 100 Å². The molecule has 0 aromatic heterocycles. The standard InChI is InChI=1S/C12H16ClFN2/c1-16-6-2-3-11(15)12(16)8-4-5-10(14)9(13)7-8/h4-5,7,11-12H,2-3,6,15H2,1H3. The molecule has 0 spiro atoms. The number of nitrogens with two attached hydrogens (primary N) is 1. The van der Waals surface area contributed by atoms with Gasteiger partial charge in [0.1, 0.15) is 5.82 Å². The lowest BCUT2D eigenvalue weighted by molar-refractivity contribution is 0.163. The molecule has 1 aromatic rings. The van der Waals surface area contributed by atoms with E-state index in [1.54, 1.807) is 12.1 Å². The van der Waals surface area contributed by atoms with Gasteiger partial charge in [0.05, 0.1) is 5.02 Å². The minimum absolute atomic E-state index is 0.0975. The van der Waals surface area contributed by atoms with Gasteiger partial charge in [-0.15, -0.1) is 0 Å². The molecule has 4 heteroatoms. The van der Waals surface area contributed by atoms with Crippen LogP contribution in [0.5, 0.6) is 0 Å². The molecule has 1 aliphatic rings. The van der Waals surface area contributed by atoms with Gasteiger partial charge >= 0.3 is 0 Å². The smallest absolute Gasteiger partial charge is 0.141 e. The summed E-state index contributed by atoms with van der Waals surface area (Å²) in [6, 6.07) is 5.11. The molecular weight excluding hydrogens is 227 g/mol. The molecule has 1 fully saturated rings. The van der Waals surface area contributed by atoms with E-state index in [0.29, 0.717) is 0 Å². The van der Waals surface area contributed by atoms with Crippen molar-refractivity contribution in [1.82, 2.24) is 4.90 Å². The Morgan fingerprint density at radius 2 is 2.25 bits per heavy atom. The zero-order valence-corrected chi connectivity index (χ0v) is 10.0. The predicted molar refractivity (Wildman–Crippen MR) is 64.0 cm³/mol. The van der Waals surface area contributed by atoms with Crippen LogP contribution in [0.15, 0.2) is 18.2 Å². The molecule has 2 nitrogen and oxygen atoms in total. The van der Waals surface area contributed by atoms with Crippen LogP contribution in [0.1, 0.15) is 24.4 Å². The van der Waals surface area contributed by atoms with Crippen molar-refractivity contribution >= 4 is 11.6 Å². The molecular formula is C12H16ClFN2. The molecule has 0 amide bonds. The summed E-state index contributed by atoms with van der Waals surface area (Å²) in [5.74, 6) is -0.377. The first kappa shape index (κ1) is 11.8. The van der Waals surface area contributed by atoms with Gasteiger partial charge in [-0.2, -0.15) is 0 Å². The van der Waals surface area contributed by atoms with E-state index in [4.69, 9.17) is 17.3 Å². The van der Waals surface area contributed by atoms with Crippen molar-refractivity contribution in [2.75, 3.05) is 13.6 Å². The summed E-state index contributed by atoms with van der Waals surface area (Å²) in [5.41, 5.74) is 7.11. The minimum Gasteiger partial charge on any atom is -0.326 e. The van der Waals surface area contributed by atoms with Gasteiger partial charge in [0.25, 0.3) is 0 Å². The number of nitrogens with zero attached hydrogens (tertiary/aromatic N) is 1.